The lowest BCUT2D eigenvalue weighted by molar-refractivity contribution is 0.359. The van der Waals surface area contributed by atoms with Crippen LogP contribution < -0.4 is 9.47 Å². The molecule has 0 N–H and O–H groups in total. The van der Waals surface area contributed by atoms with E-state index in [9.17, 15) is 0 Å². The van der Waals surface area contributed by atoms with Gasteiger partial charge in [-0.25, -0.2) is 15.0 Å². The second kappa shape index (κ2) is 12.1. The SMILES string of the molecule is CC1(C)c2ccccc2-c2cc3c(cc21)Oc1cc(-c2ccc(-c4nc(-c5ccccc5)nc(-c5cccc(-c6ccccn6)c5)n4)cc2)ccc1O3. The molecule has 0 radical (unpaired) electrons. The Morgan fingerprint density at radius 1 is 0.396 bits per heavy atom. The van der Waals surface area contributed by atoms with E-state index in [4.69, 9.17) is 24.4 Å². The van der Waals surface area contributed by atoms with Crippen molar-refractivity contribution in [2.45, 2.75) is 19.3 Å². The molecule has 10 rings (SSSR count). The van der Waals surface area contributed by atoms with Crippen molar-refractivity contribution in [3.63, 3.8) is 0 Å². The average molecular weight is 685 g/mol. The first-order valence-corrected chi connectivity index (χ1v) is 17.7. The maximum absolute atomic E-state index is 6.54. The van der Waals surface area contributed by atoms with E-state index in [0.29, 0.717) is 29.0 Å². The van der Waals surface area contributed by atoms with Crippen LogP contribution in [0.2, 0.25) is 0 Å². The summed E-state index contributed by atoms with van der Waals surface area (Å²) < 4.78 is 13.0. The van der Waals surface area contributed by atoms with Crippen LogP contribution in [0.25, 0.3) is 67.7 Å². The molecule has 0 saturated heterocycles. The fourth-order valence-electron chi connectivity index (χ4n) is 7.47. The number of pyridine rings is 1. The lowest BCUT2D eigenvalue weighted by atomic mass is 9.82. The van der Waals surface area contributed by atoms with Crippen molar-refractivity contribution in [1.82, 2.24) is 19.9 Å². The average Bonchev–Trinajstić information content (AvgIpc) is 3.44. The van der Waals surface area contributed by atoms with Gasteiger partial charge in [0.15, 0.2) is 40.5 Å². The molecule has 3 heterocycles. The third kappa shape index (κ3) is 5.35. The van der Waals surface area contributed by atoms with Crippen molar-refractivity contribution in [2.75, 3.05) is 0 Å². The zero-order valence-corrected chi connectivity index (χ0v) is 29.1. The Morgan fingerprint density at radius 2 is 1.00 bits per heavy atom. The molecule has 0 amide bonds. The second-order valence-electron chi connectivity index (χ2n) is 13.9. The summed E-state index contributed by atoms with van der Waals surface area (Å²) in [6.45, 7) is 4.54. The molecular formula is C47H32N4O2. The van der Waals surface area contributed by atoms with Crippen molar-refractivity contribution < 1.29 is 9.47 Å². The van der Waals surface area contributed by atoms with E-state index >= 15 is 0 Å². The van der Waals surface area contributed by atoms with Crippen LogP contribution in [0.1, 0.15) is 25.0 Å². The summed E-state index contributed by atoms with van der Waals surface area (Å²) >= 11 is 0. The summed E-state index contributed by atoms with van der Waals surface area (Å²) in [6, 6.07) is 51.4. The van der Waals surface area contributed by atoms with Gasteiger partial charge in [-0.05, 0) is 75.8 Å². The fourth-order valence-corrected chi connectivity index (χ4v) is 7.47. The van der Waals surface area contributed by atoms with Crippen molar-refractivity contribution in [1.29, 1.82) is 0 Å². The zero-order chi connectivity index (χ0) is 35.5. The Kier molecular flexibility index (Phi) is 7.05. The molecule has 6 heteroatoms. The zero-order valence-electron chi connectivity index (χ0n) is 29.1. The Bertz CT molecular complexity index is 2690. The summed E-state index contributed by atoms with van der Waals surface area (Å²) in [7, 11) is 0. The molecule has 53 heavy (non-hydrogen) atoms. The standard InChI is InChI=1S/C47H32N4O2/c1-47(2)37-16-7-6-15-35(37)36-27-42-43(28-38(36)47)53-41-26-32(22-23-40(41)52-42)29-18-20-31(21-19-29)45-49-44(30-11-4-3-5-12-30)50-46(51-45)34-14-10-13-33(25-34)39-17-8-9-24-48-39/h3-28H,1-2H3. The molecule has 0 fully saturated rings. The monoisotopic (exact) mass is 684 g/mol. The van der Waals surface area contributed by atoms with E-state index in [2.05, 4.69) is 91.6 Å². The van der Waals surface area contributed by atoms with Crippen LogP contribution in [-0.4, -0.2) is 19.9 Å². The molecule has 0 spiro atoms. The van der Waals surface area contributed by atoms with E-state index in [1.54, 1.807) is 6.20 Å². The number of benzene rings is 6. The second-order valence-corrected chi connectivity index (χ2v) is 13.9. The molecule has 252 valence electrons. The van der Waals surface area contributed by atoms with Crippen molar-refractivity contribution in [3.8, 4) is 90.7 Å². The van der Waals surface area contributed by atoms with E-state index in [-0.39, 0.29) is 5.41 Å². The molecule has 6 aromatic carbocycles. The molecule has 0 bridgehead atoms. The number of aromatic nitrogens is 4. The summed E-state index contributed by atoms with van der Waals surface area (Å²) in [4.78, 5) is 19.4. The van der Waals surface area contributed by atoms with Crippen molar-refractivity contribution >= 4 is 0 Å². The third-order valence-corrected chi connectivity index (χ3v) is 10.3. The van der Waals surface area contributed by atoms with Crippen LogP contribution in [0.5, 0.6) is 23.0 Å². The number of ether oxygens (including phenoxy) is 2. The highest BCUT2D eigenvalue weighted by Crippen LogP contribution is 2.55. The molecule has 6 nitrogen and oxygen atoms in total. The van der Waals surface area contributed by atoms with Crippen LogP contribution in [0.3, 0.4) is 0 Å². The summed E-state index contributed by atoms with van der Waals surface area (Å²) in [5, 5.41) is 0. The van der Waals surface area contributed by atoms with Crippen LogP contribution in [0.15, 0.2) is 158 Å². The number of hydrogen-bond acceptors (Lipinski definition) is 6. The molecule has 1 aliphatic carbocycles. The molecule has 0 unspecified atom stereocenters. The Morgan fingerprint density at radius 3 is 1.79 bits per heavy atom. The minimum atomic E-state index is -0.126. The van der Waals surface area contributed by atoms with E-state index in [0.717, 1.165) is 50.6 Å². The number of hydrogen-bond donors (Lipinski definition) is 0. The summed E-state index contributed by atoms with van der Waals surface area (Å²) in [5.74, 6) is 4.66. The minimum Gasteiger partial charge on any atom is -0.449 e. The van der Waals surface area contributed by atoms with Crippen LogP contribution in [0, 0.1) is 0 Å². The number of rotatable bonds is 5. The van der Waals surface area contributed by atoms with Gasteiger partial charge in [-0.15, -0.1) is 0 Å². The first-order chi connectivity index (χ1) is 26.0. The predicted octanol–water partition coefficient (Wildman–Crippen LogP) is 11.8. The van der Waals surface area contributed by atoms with Gasteiger partial charge in [0.05, 0.1) is 5.69 Å². The topological polar surface area (TPSA) is 70.0 Å². The van der Waals surface area contributed by atoms with Gasteiger partial charge < -0.3 is 9.47 Å². The molecule has 8 aromatic rings. The van der Waals surface area contributed by atoms with Crippen molar-refractivity contribution in [3.05, 3.63) is 169 Å². The smallest absolute Gasteiger partial charge is 0.170 e. The minimum absolute atomic E-state index is 0.126. The van der Waals surface area contributed by atoms with Crippen LogP contribution >= 0.6 is 0 Å². The third-order valence-electron chi connectivity index (χ3n) is 10.3. The van der Waals surface area contributed by atoms with Gasteiger partial charge >= 0.3 is 0 Å². The Balaban J connectivity index is 0.972. The highest BCUT2D eigenvalue weighted by atomic mass is 16.6. The van der Waals surface area contributed by atoms with Gasteiger partial charge in [-0.2, -0.15) is 0 Å². The summed E-state index contributed by atoms with van der Waals surface area (Å²) in [5.41, 5.74) is 11.5. The van der Waals surface area contributed by atoms with E-state index < -0.39 is 0 Å². The molecule has 1 aliphatic heterocycles. The fraction of sp³-hybridized carbons (Fsp3) is 0.0638. The highest BCUT2D eigenvalue weighted by Gasteiger charge is 2.37. The molecule has 2 aromatic heterocycles. The first-order valence-electron chi connectivity index (χ1n) is 17.7. The van der Waals surface area contributed by atoms with Gasteiger partial charge in [-0.1, -0.05) is 123 Å². The van der Waals surface area contributed by atoms with Gasteiger partial charge in [0.25, 0.3) is 0 Å². The number of nitrogens with zero attached hydrogens (tertiary/aromatic N) is 4. The lowest BCUT2D eigenvalue weighted by Crippen LogP contribution is -2.15. The van der Waals surface area contributed by atoms with Gasteiger partial charge in [-0.3, -0.25) is 4.98 Å². The summed E-state index contributed by atoms with van der Waals surface area (Å²) in [6.07, 6.45) is 1.80. The van der Waals surface area contributed by atoms with Gasteiger partial charge in [0.1, 0.15) is 0 Å². The van der Waals surface area contributed by atoms with Gasteiger partial charge in [0, 0.05) is 33.9 Å². The largest absolute Gasteiger partial charge is 0.449 e. The highest BCUT2D eigenvalue weighted by molar-refractivity contribution is 5.84. The van der Waals surface area contributed by atoms with Gasteiger partial charge in [0.2, 0.25) is 0 Å². The molecule has 2 aliphatic rings. The molecular weight excluding hydrogens is 653 g/mol. The Hall–Kier alpha value is -6.92. The maximum atomic E-state index is 6.54. The van der Waals surface area contributed by atoms with E-state index in [1.165, 1.54) is 22.3 Å². The number of fused-ring (bicyclic) bond motifs is 5. The molecule has 0 saturated carbocycles. The lowest BCUT2D eigenvalue weighted by Gasteiger charge is -2.25. The predicted molar refractivity (Wildman–Crippen MR) is 209 cm³/mol. The first kappa shape index (κ1) is 30.9. The van der Waals surface area contributed by atoms with Crippen LogP contribution in [0.4, 0.5) is 0 Å². The maximum Gasteiger partial charge on any atom is 0.170 e. The Labute approximate surface area is 307 Å². The quantitative estimate of drug-likeness (QED) is 0.180. The normalized spacial score (nSPS) is 13.2. The van der Waals surface area contributed by atoms with Crippen LogP contribution in [-0.2, 0) is 5.41 Å². The molecule has 0 atom stereocenters. The van der Waals surface area contributed by atoms with E-state index in [1.807, 2.05) is 78.9 Å². The van der Waals surface area contributed by atoms with Crippen molar-refractivity contribution in [2.24, 2.45) is 0 Å².